The van der Waals surface area contributed by atoms with Crippen molar-refractivity contribution in [2.24, 2.45) is 0 Å². The second-order valence-electron chi connectivity index (χ2n) is 3.61. The van der Waals surface area contributed by atoms with Gasteiger partial charge in [0.2, 0.25) is 0 Å². The van der Waals surface area contributed by atoms with E-state index >= 15 is 0 Å². The lowest BCUT2D eigenvalue weighted by Crippen LogP contribution is -2.25. The Balaban J connectivity index is 3.47. The van der Waals surface area contributed by atoms with Crippen LogP contribution < -0.4 is 0 Å². The third-order valence-corrected chi connectivity index (χ3v) is 2.95. The number of ether oxygens (including phenoxy) is 1. The van der Waals surface area contributed by atoms with E-state index in [0.717, 1.165) is 6.07 Å². The molecule has 9 heteroatoms. The first kappa shape index (κ1) is 16.0. The number of carboxylic acids is 1. The number of hydrogen-bond acceptors (Lipinski definition) is 5. The van der Waals surface area contributed by atoms with Crippen molar-refractivity contribution in [1.82, 2.24) is 0 Å². The Labute approximate surface area is 120 Å². The highest BCUT2D eigenvalue weighted by molar-refractivity contribution is 9.10. The Morgan fingerprint density at radius 3 is 2.60 bits per heavy atom. The fourth-order valence-corrected chi connectivity index (χ4v) is 1.86. The lowest BCUT2D eigenvalue weighted by atomic mass is 9.97. The summed E-state index contributed by atoms with van der Waals surface area (Å²) in [4.78, 5) is 32.7. The number of hydrogen-bond donors (Lipinski definition) is 1. The van der Waals surface area contributed by atoms with Crippen LogP contribution in [0.1, 0.15) is 18.4 Å². The minimum absolute atomic E-state index is 0.102. The van der Waals surface area contributed by atoms with Crippen molar-refractivity contribution in [2.45, 2.75) is 12.8 Å². The van der Waals surface area contributed by atoms with Gasteiger partial charge in [0.25, 0.3) is 5.69 Å². The Morgan fingerprint density at radius 2 is 2.15 bits per heavy atom. The summed E-state index contributed by atoms with van der Waals surface area (Å²) in [7, 11) is 0. The molecule has 1 unspecified atom stereocenters. The van der Waals surface area contributed by atoms with Crippen molar-refractivity contribution in [3.63, 3.8) is 0 Å². The van der Waals surface area contributed by atoms with E-state index in [1.807, 2.05) is 0 Å². The largest absolute Gasteiger partial charge is 0.480 e. The van der Waals surface area contributed by atoms with Crippen LogP contribution in [0.5, 0.6) is 0 Å². The molecule has 20 heavy (non-hydrogen) atoms. The maximum atomic E-state index is 13.5. The lowest BCUT2D eigenvalue weighted by molar-refractivity contribution is -0.385. The summed E-state index contributed by atoms with van der Waals surface area (Å²) in [6, 6.07) is 1.44. The molecule has 0 aliphatic rings. The predicted octanol–water partition coefficient (Wildman–Crippen LogP) is 2.23. The molecule has 1 rings (SSSR count). The summed E-state index contributed by atoms with van der Waals surface area (Å²) in [6.45, 7) is 1.35. The van der Waals surface area contributed by atoms with Crippen LogP contribution in [0.25, 0.3) is 0 Å². The highest BCUT2D eigenvalue weighted by atomic mass is 79.9. The molecule has 7 nitrogen and oxygen atoms in total. The topological polar surface area (TPSA) is 107 Å². The zero-order chi connectivity index (χ0) is 15.4. The van der Waals surface area contributed by atoms with Crippen LogP contribution in [0, 0.1) is 15.9 Å². The molecule has 0 aliphatic heterocycles. The first-order chi connectivity index (χ1) is 9.29. The number of carbonyl (C=O) groups is 2. The van der Waals surface area contributed by atoms with Crippen LogP contribution >= 0.6 is 15.9 Å². The van der Waals surface area contributed by atoms with Gasteiger partial charge in [-0.05, 0) is 28.9 Å². The van der Waals surface area contributed by atoms with Crippen molar-refractivity contribution < 1.29 is 28.7 Å². The van der Waals surface area contributed by atoms with Crippen molar-refractivity contribution in [3.8, 4) is 0 Å². The van der Waals surface area contributed by atoms with Crippen molar-refractivity contribution >= 4 is 33.6 Å². The van der Waals surface area contributed by atoms with E-state index < -0.39 is 39.8 Å². The number of nitro benzene ring substituents is 1. The maximum Gasteiger partial charge on any atom is 0.325 e. The first-order valence-electron chi connectivity index (χ1n) is 5.32. The van der Waals surface area contributed by atoms with Crippen LogP contribution in [-0.4, -0.2) is 28.6 Å². The van der Waals surface area contributed by atoms with Crippen molar-refractivity contribution in [2.75, 3.05) is 6.61 Å². The molecule has 1 N–H and O–H groups in total. The normalized spacial score (nSPS) is 11.8. The zero-order valence-corrected chi connectivity index (χ0v) is 11.7. The second kappa shape index (κ2) is 6.42. The monoisotopic (exact) mass is 349 g/mol. The van der Waals surface area contributed by atoms with Gasteiger partial charge in [-0.15, -0.1) is 0 Å². The summed E-state index contributed by atoms with van der Waals surface area (Å²) in [5.41, 5.74) is -1.25. The Morgan fingerprint density at radius 1 is 1.55 bits per heavy atom. The summed E-state index contributed by atoms with van der Waals surface area (Å²) in [5, 5.41) is 19.9. The number of carbonyl (C=O) groups excluding carboxylic acids is 1. The molecule has 0 amide bonds. The molecule has 1 atom stereocenters. The molecule has 0 aromatic heterocycles. The SMILES string of the molecule is CCOC(=O)C(C(=O)O)c1cc(F)c(Br)cc1[N+](=O)[O-]. The number of rotatable bonds is 5. The van der Waals surface area contributed by atoms with Gasteiger partial charge in [0.05, 0.1) is 21.6 Å². The Kier molecular flexibility index (Phi) is 5.14. The van der Waals surface area contributed by atoms with Gasteiger partial charge < -0.3 is 9.84 Å². The predicted molar refractivity (Wildman–Crippen MR) is 67.8 cm³/mol. The van der Waals surface area contributed by atoms with Crippen LogP contribution in [0.4, 0.5) is 10.1 Å². The van der Waals surface area contributed by atoms with Gasteiger partial charge in [-0.1, -0.05) is 0 Å². The van der Waals surface area contributed by atoms with Gasteiger partial charge in [0.15, 0.2) is 5.92 Å². The molecule has 108 valence electrons. The fourth-order valence-electron chi connectivity index (χ4n) is 1.53. The fraction of sp³-hybridized carbons (Fsp3) is 0.273. The van der Waals surface area contributed by atoms with E-state index in [-0.39, 0.29) is 11.1 Å². The summed E-state index contributed by atoms with van der Waals surface area (Å²) >= 11 is 2.76. The average Bonchev–Trinajstić information content (AvgIpc) is 2.33. The molecular weight excluding hydrogens is 341 g/mol. The lowest BCUT2D eigenvalue weighted by Gasteiger charge is -2.12. The third-order valence-electron chi connectivity index (χ3n) is 2.35. The van der Waals surface area contributed by atoms with E-state index in [2.05, 4.69) is 20.7 Å². The zero-order valence-electron chi connectivity index (χ0n) is 10.1. The Bertz CT molecular complexity index is 576. The van der Waals surface area contributed by atoms with E-state index in [0.29, 0.717) is 6.07 Å². The maximum absolute atomic E-state index is 13.5. The minimum Gasteiger partial charge on any atom is -0.480 e. The molecule has 1 aromatic carbocycles. The third kappa shape index (κ3) is 3.29. The highest BCUT2D eigenvalue weighted by Gasteiger charge is 2.36. The van der Waals surface area contributed by atoms with Crippen molar-refractivity contribution in [3.05, 3.63) is 38.1 Å². The molecular formula is C11H9BrFNO6. The smallest absolute Gasteiger partial charge is 0.325 e. The van der Waals surface area contributed by atoms with E-state index in [1.54, 1.807) is 0 Å². The number of esters is 1. The van der Waals surface area contributed by atoms with Gasteiger partial charge in [0.1, 0.15) is 5.82 Å². The number of carboxylic acid groups (broad SMARTS) is 1. The Hall–Kier alpha value is -2.03. The van der Waals surface area contributed by atoms with Crippen LogP contribution in [0.15, 0.2) is 16.6 Å². The van der Waals surface area contributed by atoms with Gasteiger partial charge in [-0.3, -0.25) is 19.7 Å². The van der Waals surface area contributed by atoms with Crippen LogP contribution in [0.2, 0.25) is 0 Å². The van der Waals surface area contributed by atoms with Gasteiger partial charge in [-0.25, -0.2) is 4.39 Å². The number of benzene rings is 1. The quantitative estimate of drug-likeness (QED) is 0.378. The van der Waals surface area contributed by atoms with Crippen LogP contribution in [-0.2, 0) is 14.3 Å². The van der Waals surface area contributed by atoms with E-state index in [4.69, 9.17) is 5.11 Å². The number of nitro groups is 1. The number of halogens is 2. The number of aliphatic carboxylic acids is 1. The molecule has 1 aromatic rings. The summed E-state index contributed by atoms with van der Waals surface area (Å²) in [5.74, 6) is -5.72. The average molecular weight is 350 g/mol. The second-order valence-corrected chi connectivity index (χ2v) is 4.46. The molecule has 0 aliphatic carbocycles. The van der Waals surface area contributed by atoms with Crippen LogP contribution in [0.3, 0.4) is 0 Å². The van der Waals surface area contributed by atoms with Gasteiger partial charge in [0, 0.05) is 6.07 Å². The minimum atomic E-state index is -1.96. The molecule has 0 fully saturated rings. The molecule has 0 bridgehead atoms. The highest BCUT2D eigenvalue weighted by Crippen LogP contribution is 2.32. The van der Waals surface area contributed by atoms with E-state index in [9.17, 15) is 24.1 Å². The van der Waals surface area contributed by atoms with Crippen molar-refractivity contribution in [1.29, 1.82) is 0 Å². The first-order valence-corrected chi connectivity index (χ1v) is 6.11. The molecule has 0 radical (unpaired) electrons. The summed E-state index contributed by atoms with van der Waals surface area (Å²) in [6.07, 6.45) is 0. The van der Waals surface area contributed by atoms with Gasteiger partial charge >= 0.3 is 11.9 Å². The molecule has 0 spiro atoms. The molecule has 0 saturated carbocycles. The molecule has 0 heterocycles. The van der Waals surface area contributed by atoms with Gasteiger partial charge in [-0.2, -0.15) is 0 Å². The standard InChI is InChI=1S/C11H9BrFNO6/c1-2-20-11(17)9(10(15)16)5-3-7(13)6(12)4-8(5)14(18)19/h3-4,9H,2H2,1H3,(H,15,16). The van der Waals surface area contributed by atoms with E-state index in [1.165, 1.54) is 6.92 Å². The summed E-state index contributed by atoms with van der Waals surface area (Å²) < 4.78 is 17.8. The molecule has 0 saturated heterocycles. The number of nitrogens with zero attached hydrogens (tertiary/aromatic N) is 1.